The maximum absolute atomic E-state index is 12.0. The Kier molecular flexibility index (Phi) is 5.15. The number of hydrogen-bond acceptors (Lipinski definition) is 3. The number of esters is 1. The molecule has 0 N–H and O–H groups in total. The molecule has 0 fully saturated rings. The third-order valence-corrected chi connectivity index (χ3v) is 2.44. The van der Waals surface area contributed by atoms with Gasteiger partial charge in [0.25, 0.3) is 0 Å². The monoisotopic (exact) mass is 264 g/mol. The molecule has 0 atom stereocenters. The fourth-order valence-electron chi connectivity index (χ4n) is 1.26. The van der Waals surface area contributed by atoms with Crippen LogP contribution in [-0.4, -0.2) is 19.7 Å². The standard InChI is InChI=1S/C11H11ClF2O3/c1-16-10(15)5-2-7-6-8(17-11(13)14)3-4-9(7)12/h3-4,6,11H,2,5H2,1H3. The van der Waals surface area contributed by atoms with Crippen LogP contribution in [-0.2, 0) is 16.0 Å². The van der Waals surface area contributed by atoms with Crippen molar-refractivity contribution in [1.82, 2.24) is 0 Å². The van der Waals surface area contributed by atoms with E-state index in [-0.39, 0.29) is 18.1 Å². The molecule has 0 unspecified atom stereocenters. The Morgan fingerprint density at radius 2 is 2.18 bits per heavy atom. The van der Waals surface area contributed by atoms with Crippen molar-refractivity contribution in [3.63, 3.8) is 0 Å². The fourth-order valence-corrected chi connectivity index (χ4v) is 1.47. The Balaban J connectivity index is 2.72. The van der Waals surface area contributed by atoms with E-state index < -0.39 is 6.61 Å². The molecule has 0 bridgehead atoms. The van der Waals surface area contributed by atoms with Crippen LogP contribution < -0.4 is 4.74 Å². The molecule has 94 valence electrons. The lowest BCUT2D eigenvalue weighted by molar-refractivity contribution is -0.140. The Morgan fingerprint density at radius 1 is 1.47 bits per heavy atom. The Labute approximate surface area is 102 Å². The van der Waals surface area contributed by atoms with Crippen molar-refractivity contribution >= 4 is 17.6 Å². The minimum atomic E-state index is -2.88. The maximum atomic E-state index is 12.0. The summed E-state index contributed by atoms with van der Waals surface area (Å²) in [6.45, 7) is -2.88. The van der Waals surface area contributed by atoms with E-state index in [1.54, 1.807) is 0 Å². The van der Waals surface area contributed by atoms with Gasteiger partial charge in [-0.15, -0.1) is 0 Å². The topological polar surface area (TPSA) is 35.5 Å². The number of benzene rings is 1. The van der Waals surface area contributed by atoms with Crippen LogP contribution in [0.15, 0.2) is 18.2 Å². The first-order valence-electron chi connectivity index (χ1n) is 4.83. The predicted molar refractivity (Wildman–Crippen MR) is 58.4 cm³/mol. The van der Waals surface area contributed by atoms with E-state index >= 15 is 0 Å². The normalized spacial score (nSPS) is 10.4. The zero-order valence-corrected chi connectivity index (χ0v) is 9.84. The molecule has 0 saturated heterocycles. The number of rotatable bonds is 5. The molecule has 0 spiro atoms. The van der Waals surface area contributed by atoms with E-state index in [0.717, 1.165) is 0 Å². The van der Waals surface area contributed by atoms with Crippen molar-refractivity contribution in [1.29, 1.82) is 0 Å². The molecular formula is C11H11ClF2O3. The van der Waals surface area contributed by atoms with E-state index in [2.05, 4.69) is 9.47 Å². The zero-order chi connectivity index (χ0) is 12.8. The van der Waals surface area contributed by atoms with Crippen molar-refractivity contribution in [2.75, 3.05) is 7.11 Å². The molecule has 1 rings (SSSR count). The van der Waals surface area contributed by atoms with E-state index in [1.807, 2.05) is 0 Å². The van der Waals surface area contributed by atoms with Gasteiger partial charge in [-0.1, -0.05) is 11.6 Å². The van der Waals surface area contributed by atoms with E-state index in [9.17, 15) is 13.6 Å². The minimum absolute atomic E-state index is 0.0178. The molecule has 1 aromatic carbocycles. The van der Waals surface area contributed by atoms with Crippen LogP contribution in [0.1, 0.15) is 12.0 Å². The lowest BCUT2D eigenvalue weighted by Crippen LogP contribution is -2.04. The van der Waals surface area contributed by atoms with Crippen molar-refractivity contribution in [2.45, 2.75) is 19.5 Å². The van der Waals surface area contributed by atoms with Gasteiger partial charge in [-0.3, -0.25) is 4.79 Å². The van der Waals surface area contributed by atoms with Crippen molar-refractivity contribution < 1.29 is 23.0 Å². The number of carbonyl (C=O) groups excluding carboxylic acids is 1. The molecule has 3 nitrogen and oxygen atoms in total. The highest BCUT2D eigenvalue weighted by molar-refractivity contribution is 6.31. The van der Waals surface area contributed by atoms with E-state index in [1.165, 1.54) is 25.3 Å². The second-order valence-electron chi connectivity index (χ2n) is 3.21. The van der Waals surface area contributed by atoms with Gasteiger partial charge in [-0.2, -0.15) is 8.78 Å². The first-order valence-corrected chi connectivity index (χ1v) is 5.20. The van der Waals surface area contributed by atoms with Crippen LogP contribution in [0.5, 0.6) is 5.75 Å². The SMILES string of the molecule is COC(=O)CCc1cc(OC(F)F)ccc1Cl. The molecule has 6 heteroatoms. The minimum Gasteiger partial charge on any atom is -0.469 e. The highest BCUT2D eigenvalue weighted by atomic mass is 35.5. The Hall–Kier alpha value is -1.36. The van der Waals surface area contributed by atoms with Crippen LogP contribution in [0, 0.1) is 0 Å². The van der Waals surface area contributed by atoms with Crippen LogP contribution in [0.3, 0.4) is 0 Å². The number of ether oxygens (including phenoxy) is 2. The van der Waals surface area contributed by atoms with Gasteiger partial charge in [-0.25, -0.2) is 0 Å². The zero-order valence-electron chi connectivity index (χ0n) is 9.08. The molecule has 0 aliphatic rings. The van der Waals surface area contributed by atoms with Gasteiger partial charge in [0, 0.05) is 11.4 Å². The molecule has 1 aromatic rings. The first kappa shape index (κ1) is 13.7. The number of halogens is 3. The third kappa shape index (κ3) is 4.56. The van der Waals surface area contributed by atoms with E-state index in [4.69, 9.17) is 11.6 Å². The molecule has 0 saturated carbocycles. The third-order valence-electron chi connectivity index (χ3n) is 2.07. The van der Waals surface area contributed by atoms with Gasteiger partial charge < -0.3 is 9.47 Å². The smallest absolute Gasteiger partial charge is 0.387 e. The summed E-state index contributed by atoms with van der Waals surface area (Å²) in [6.07, 6.45) is 0.445. The number of methoxy groups -OCH3 is 1. The number of carbonyl (C=O) groups is 1. The predicted octanol–water partition coefficient (Wildman–Crippen LogP) is 3.05. The Morgan fingerprint density at radius 3 is 2.76 bits per heavy atom. The largest absolute Gasteiger partial charge is 0.469 e. The molecule has 0 radical (unpaired) electrons. The van der Waals surface area contributed by atoms with Crippen LogP contribution >= 0.6 is 11.6 Å². The summed E-state index contributed by atoms with van der Waals surface area (Å²) in [5.41, 5.74) is 0.565. The van der Waals surface area contributed by atoms with Crippen molar-refractivity contribution in [3.05, 3.63) is 28.8 Å². The number of alkyl halides is 2. The van der Waals surface area contributed by atoms with Crippen LogP contribution in [0.2, 0.25) is 5.02 Å². The lowest BCUT2D eigenvalue weighted by atomic mass is 10.1. The summed E-state index contributed by atoms with van der Waals surface area (Å²) < 4.78 is 32.7. The molecule has 0 aromatic heterocycles. The summed E-state index contributed by atoms with van der Waals surface area (Å²) in [4.78, 5) is 10.9. The molecule has 17 heavy (non-hydrogen) atoms. The second kappa shape index (κ2) is 6.39. The van der Waals surface area contributed by atoms with Crippen LogP contribution in [0.25, 0.3) is 0 Å². The van der Waals surface area contributed by atoms with E-state index in [0.29, 0.717) is 17.0 Å². The average molecular weight is 265 g/mol. The molecular weight excluding hydrogens is 254 g/mol. The molecule has 0 aliphatic heterocycles. The highest BCUT2D eigenvalue weighted by Gasteiger charge is 2.09. The summed E-state index contributed by atoms with van der Waals surface area (Å²) in [5, 5.41) is 0.399. The summed E-state index contributed by atoms with van der Waals surface area (Å²) in [5.74, 6) is -0.370. The van der Waals surface area contributed by atoms with Gasteiger partial charge >= 0.3 is 12.6 Å². The van der Waals surface area contributed by atoms with Crippen LogP contribution in [0.4, 0.5) is 8.78 Å². The highest BCUT2D eigenvalue weighted by Crippen LogP contribution is 2.24. The Bertz CT molecular complexity index is 396. The summed E-state index contributed by atoms with van der Waals surface area (Å²) in [6, 6.07) is 4.18. The molecule has 0 aliphatic carbocycles. The molecule has 0 amide bonds. The molecule has 0 heterocycles. The quantitative estimate of drug-likeness (QED) is 0.767. The van der Waals surface area contributed by atoms with Gasteiger partial charge in [-0.05, 0) is 30.2 Å². The summed E-state index contributed by atoms with van der Waals surface area (Å²) in [7, 11) is 1.28. The lowest BCUT2D eigenvalue weighted by Gasteiger charge is -2.08. The summed E-state index contributed by atoms with van der Waals surface area (Å²) >= 11 is 5.86. The van der Waals surface area contributed by atoms with Gasteiger partial charge in [0.1, 0.15) is 5.75 Å². The van der Waals surface area contributed by atoms with Crippen molar-refractivity contribution in [2.24, 2.45) is 0 Å². The average Bonchev–Trinajstić information content (AvgIpc) is 2.28. The van der Waals surface area contributed by atoms with Crippen molar-refractivity contribution in [3.8, 4) is 5.75 Å². The van der Waals surface area contributed by atoms with Gasteiger partial charge in [0.2, 0.25) is 0 Å². The number of aryl methyl sites for hydroxylation is 1. The number of hydrogen-bond donors (Lipinski definition) is 0. The maximum Gasteiger partial charge on any atom is 0.387 e. The second-order valence-corrected chi connectivity index (χ2v) is 3.62. The fraction of sp³-hybridized carbons (Fsp3) is 0.364. The first-order chi connectivity index (χ1) is 8.02. The van der Waals surface area contributed by atoms with Gasteiger partial charge in [0.15, 0.2) is 0 Å². The van der Waals surface area contributed by atoms with Gasteiger partial charge in [0.05, 0.1) is 7.11 Å².